The molecule has 0 radical (unpaired) electrons. The molecule has 0 aliphatic carbocycles. The van der Waals surface area contributed by atoms with Gasteiger partial charge in [0, 0.05) is 0 Å². The summed E-state index contributed by atoms with van der Waals surface area (Å²) in [5.41, 5.74) is 1.71. The van der Waals surface area contributed by atoms with Gasteiger partial charge in [0.1, 0.15) is 5.15 Å². The number of hydrogen-bond donors (Lipinski definition) is 0. The first-order valence-corrected chi connectivity index (χ1v) is 6.11. The molecule has 0 fully saturated rings. The maximum Gasteiger partial charge on any atom is 0.299 e. The lowest BCUT2D eigenvalue weighted by molar-refractivity contribution is -0.114. The molecule has 1 aromatic carbocycles. The van der Waals surface area contributed by atoms with Crippen molar-refractivity contribution in [2.75, 3.05) is 4.90 Å². The van der Waals surface area contributed by atoms with E-state index in [0.29, 0.717) is 22.1 Å². The van der Waals surface area contributed by atoms with Crippen LogP contribution in [0.25, 0.3) is 0 Å². The summed E-state index contributed by atoms with van der Waals surface area (Å²) in [6, 6.07) is 12.1. The number of benzene rings is 1. The maximum atomic E-state index is 12.0. The standard InChI is InChI=1S/C14H9ClN2O2/c15-12-7-3-4-9(16-12)8-17-11-6-2-1-5-10(11)13(18)14(17)19/h1-7H,8H2. The van der Waals surface area contributed by atoms with Gasteiger partial charge in [-0.1, -0.05) is 29.8 Å². The third-order valence-corrected chi connectivity index (χ3v) is 3.18. The topological polar surface area (TPSA) is 50.3 Å². The smallest absolute Gasteiger partial charge is 0.299 e. The molecule has 19 heavy (non-hydrogen) atoms. The molecule has 2 heterocycles. The molecule has 2 aromatic rings. The summed E-state index contributed by atoms with van der Waals surface area (Å²) in [6.07, 6.45) is 0. The van der Waals surface area contributed by atoms with Crippen LogP contribution in [0.4, 0.5) is 5.69 Å². The number of fused-ring (bicyclic) bond motifs is 1. The summed E-state index contributed by atoms with van der Waals surface area (Å²) in [4.78, 5) is 29.3. The molecule has 1 amide bonds. The van der Waals surface area contributed by atoms with Gasteiger partial charge in [-0.05, 0) is 24.3 Å². The number of nitrogens with zero attached hydrogens (tertiary/aromatic N) is 2. The number of pyridine rings is 1. The number of hydrogen-bond acceptors (Lipinski definition) is 3. The number of aromatic nitrogens is 1. The van der Waals surface area contributed by atoms with Gasteiger partial charge in [-0.15, -0.1) is 0 Å². The summed E-state index contributed by atoms with van der Waals surface area (Å²) in [5.74, 6) is -0.999. The van der Waals surface area contributed by atoms with E-state index in [4.69, 9.17) is 11.6 Å². The highest BCUT2D eigenvalue weighted by Crippen LogP contribution is 2.29. The van der Waals surface area contributed by atoms with Crippen LogP contribution in [-0.2, 0) is 11.3 Å². The number of ketones is 1. The highest BCUT2D eigenvalue weighted by Gasteiger charge is 2.35. The Balaban J connectivity index is 1.98. The molecule has 1 aliphatic heterocycles. The van der Waals surface area contributed by atoms with Crippen LogP contribution in [0.1, 0.15) is 16.1 Å². The van der Waals surface area contributed by atoms with E-state index in [0.717, 1.165) is 0 Å². The van der Waals surface area contributed by atoms with Crippen LogP contribution in [-0.4, -0.2) is 16.7 Å². The number of carbonyl (C=O) groups excluding carboxylic acids is 2. The minimum Gasteiger partial charge on any atom is -0.299 e. The summed E-state index contributed by atoms with van der Waals surface area (Å²) >= 11 is 5.81. The van der Waals surface area contributed by atoms with E-state index in [1.807, 2.05) is 0 Å². The van der Waals surface area contributed by atoms with Gasteiger partial charge < -0.3 is 0 Å². The third-order valence-electron chi connectivity index (χ3n) is 2.97. The molecule has 1 aromatic heterocycles. The first kappa shape index (κ1) is 11.9. The minimum atomic E-state index is -0.525. The molecule has 0 unspecified atom stereocenters. The van der Waals surface area contributed by atoms with E-state index in [2.05, 4.69) is 4.98 Å². The zero-order valence-corrected chi connectivity index (χ0v) is 10.6. The van der Waals surface area contributed by atoms with E-state index in [9.17, 15) is 9.59 Å². The Kier molecular flexibility index (Phi) is 2.80. The van der Waals surface area contributed by atoms with E-state index >= 15 is 0 Å². The Morgan fingerprint density at radius 3 is 2.63 bits per heavy atom. The Bertz CT molecular complexity index is 685. The van der Waals surface area contributed by atoms with Crippen LogP contribution in [0.2, 0.25) is 5.15 Å². The molecule has 3 rings (SSSR count). The van der Waals surface area contributed by atoms with Crippen molar-refractivity contribution in [1.82, 2.24) is 4.98 Å². The Morgan fingerprint density at radius 1 is 1.05 bits per heavy atom. The summed E-state index contributed by atoms with van der Waals surface area (Å²) in [7, 11) is 0. The molecule has 0 saturated heterocycles. The number of halogens is 1. The average Bonchev–Trinajstić information content (AvgIpc) is 2.65. The van der Waals surface area contributed by atoms with Crippen LogP contribution in [0, 0.1) is 0 Å². The van der Waals surface area contributed by atoms with Crippen molar-refractivity contribution in [2.24, 2.45) is 0 Å². The van der Waals surface area contributed by atoms with Crippen LogP contribution in [0.5, 0.6) is 0 Å². The molecule has 5 heteroatoms. The van der Waals surface area contributed by atoms with E-state index < -0.39 is 11.7 Å². The van der Waals surface area contributed by atoms with Gasteiger partial charge in [-0.3, -0.25) is 14.5 Å². The van der Waals surface area contributed by atoms with Crippen molar-refractivity contribution in [3.63, 3.8) is 0 Å². The van der Waals surface area contributed by atoms with Crippen molar-refractivity contribution in [3.8, 4) is 0 Å². The molecule has 0 atom stereocenters. The normalized spacial score (nSPS) is 13.8. The van der Waals surface area contributed by atoms with Crippen LogP contribution in [0.15, 0.2) is 42.5 Å². The fraction of sp³-hybridized carbons (Fsp3) is 0.0714. The molecule has 1 aliphatic rings. The lowest BCUT2D eigenvalue weighted by Gasteiger charge is -2.15. The summed E-state index contributed by atoms with van der Waals surface area (Å²) < 4.78 is 0. The number of para-hydroxylation sites is 1. The average molecular weight is 273 g/mol. The molecule has 94 valence electrons. The fourth-order valence-corrected chi connectivity index (χ4v) is 2.29. The third kappa shape index (κ3) is 2.00. The monoisotopic (exact) mass is 272 g/mol. The van der Waals surface area contributed by atoms with E-state index in [1.54, 1.807) is 42.5 Å². The lowest BCUT2D eigenvalue weighted by atomic mass is 10.1. The molecular weight excluding hydrogens is 264 g/mol. The van der Waals surface area contributed by atoms with Crippen LogP contribution >= 0.6 is 11.6 Å². The van der Waals surface area contributed by atoms with Gasteiger partial charge in [0.25, 0.3) is 11.7 Å². The first-order valence-electron chi connectivity index (χ1n) is 5.73. The molecule has 0 N–H and O–H groups in total. The van der Waals surface area contributed by atoms with Gasteiger partial charge in [-0.25, -0.2) is 4.98 Å². The quantitative estimate of drug-likeness (QED) is 0.623. The van der Waals surface area contributed by atoms with Gasteiger partial charge in [0.05, 0.1) is 23.5 Å². The van der Waals surface area contributed by atoms with Crippen molar-refractivity contribution in [2.45, 2.75) is 6.54 Å². The molecule has 0 saturated carbocycles. The zero-order chi connectivity index (χ0) is 13.4. The number of Topliss-reactive ketones (excluding diaryl/α,β-unsaturated/α-hetero) is 1. The molecular formula is C14H9ClN2O2. The van der Waals surface area contributed by atoms with Crippen molar-refractivity contribution in [3.05, 3.63) is 58.9 Å². The van der Waals surface area contributed by atoms with E-state index in [-0.39, 0.29) is 6.54 Å². The van der Waals surface area contributed by atoms with Crippen LogP contribution in [0.3, 0.4) is 0 Å². The molecule has 4 nitrogen and oxygen atoms in total. The van der Waals surface area contributed by atoms with Gasteiger partial charge >= 0.3 is 0 Å². The van der Waals surface area contributed by atoms with Gasteiger partial charge in [0.2, 0.25) is 0 Å². The van der Waals surface area contributed by atoms with Crippen molar-refractivity contribution >= 4 is 29.0 Å². The zero-order valence-electron chi connectivity index (χ0n) is 9.84. The predicted octanol–water partition coefficient (Wildman–Crippen LogP) is 2.46. The van der Waals surface area contributed by atoms with Crippen LogP contribution < -0.4 is 4.90 Å². The van der Waals surface area contributed by atoms with E-state index in [1.165, 1.54) is 4.90 Å². The Morgan fingerprint density at radius 2 is 1.84 bits per heavy atom. The largest absolute Gasteiger partial charge is 0.299 e. The highest BCUT2D eigenvalue weighted by molar-refractivity contribution is 6.52. The number of anilines is 1. The van der Waals surface area contributed by atoms with Crippen molar-refractivity contribution < 1.29 is 9.59 Å². The first-order chi connectivity index (χ1) is 9.16. The second-order valence-corrected chi connectivity index (χ2v) is 4.58. The molecule has 0 bridgehead atoms. The fourth-order valence-electron chi connectivity index (χ4n) is 2.11. The second kappa shape index (κ2) is 4.48. The number of rotatable bonds is 2. The van der Waals surface area contributed by atoms with Crippen molar-refractivity contribution in [1.29, 1.82) is 0 Å². The Hall–Kier alpha value is -2.20. The van der Waals surface area contributed by atoms with Gasteiger partial charge in [0.15, 0.2) is 0 Å². The van der Waals surface area contributed by atoms with Gasteiger partial charge in [-0.2, -0.15) is 0 Å². The summed E-state index contributed by atoms with van der Waals surface area (Å²) in [6.45, 7) is 0.238. The number of carbonyl (C=O) groups is 2. The lowest BCUT2D eigenvalue weighted by Crippen LogP contribution is -2.29. The minimum absolute atomic E-state index is 0.238. The number of amides is 1. The predicted molar refractivity (Wildman–Crippen MR) is 71.2 cm³/mol. The highest BCUT2D eigenvalue weighted by atomic mass is 35.5. The summed E-state index contributed by atoms with van der Waals surface area (Å²) in [5, 5.41) is 0.365. The Labute approximate surface area is 114 Å². The second-order valence-electron chi connectivity index (χ2n) is 4.19. The maximum absolute atomic E-state index is 12.0. The SMILES string of the molecule is O=C1C(=O)N(Cc2cccc(Cl)n2)c2ccccc21. The molecule has 0 spiro atoms.